The minimum atomic E-state index is -3.83. The monoisotopic (exact) mass is 570 g/mol. The summed E-state index contributed by atoms with van der Waals surface area (Å²) in [5.74, 6) is 1.00. The number of carbonyl (C=O) groups excluding carboxylic acids is 1. The van der Waals surface area contributed by atoms with E-state index in [1.54, 1.807) is 46.9 Å². The number of piperazine rings is 1. The molecular formula is C26H26N4O5S3. The number of sulfonamides is 1. The van der Waals surface area contributed by atoms with E-state index in [1.807, 2.05) is 29.6 Å². The van der Waals surface area contributed by atoms with Crippen LogP contribution in [0.2, 0.25) is 0 Å². The van der Waals surface area contributed by atoms with Gasteiger partial charge in [-0.3, -0.25) is 9.52 Å². The van der Waals surface area contributed by atoms with Crippen molar-refractivity contribution in [1.82, 2.24) is 9.88 Å². The molecule has 1 amide bonds. The predicted molar refractivity (Wildman–Crippen MR) is 150 cm³/mol. The maximum Gasteiger partial charge on any atom is 0.271 e. The Morgan fingerprint density at radius 2 is 1.66 bits per heavy atom. The second-order valence-corrected chi connectivity index (χ2v) is 12.2. The number of hydrogen-bond acceptors (Lipinski definition) is 9. The third-order valence-corrected chi connectivity index (χ3v) is 9.84. The number of hydrogen-bond donors (Lipinski definition) is 1. The Balaban J connectivity index is 1.28. The van der Waals surface area contributed by atoms with Crippen molar-refractivity contribution in [3.05, 3.63) is 70.9 Å². The van der Waals surface area contributed by atoms with E-state index in [4.69, 9.17) is 14.5 Å². The fourth-order valence-electron chi connectivity index (χ4n) is 4.11. The summed E-state index contributed by atoms with van der Waals surface area (Å²) in [5.41, 5.74) is 2.37. The number of carbonyl (C=O) groups is 1. The van der Waals surface area contributed by atoms with Crippen LogP contribution in [0.3, 0.4) is 0 Å². The minimum absolute atomic E-state index is 0.171. The van der Waals surface area contributed by atoms with Crippen LogP contribution >= 0.6 is 22.7 Å². The summed E-state index contributed by atoms with van der Waals surface area (Å²) in [5, 5.41) is 4.61. The van der Waals surface area contributed by atoms with Gasteiger partial charge in [-0.2, -0.15) is 0 Å². The molecule has 2 aromatic heterocycles. The molecule has 0 bridgehead atoms. The summed E-state index contributed by atoms with van der Waals surface area (Å²) in [7, 11) is -0.700. The van der Waals surface area contributed by atoms with Crippen molar-refractivity contribution in [1.29, 1.82) is 0 Å². The van der Waals surface area contributed by atoms with Gasteiger partial charge in [-0.1, -0.05) is 6.07 Å². The lowest BCUT2D eigenvalue weighted by atomic mass is 10.1. The molecule has 1 N–H and O–H groups in total. The van der Waals surface area contributed by atoms with Crippen LogP contribution in [0.4, 0.5) is 10.8 Å². The highest BCUT2D eigenvalue weighted by Gasteiger charge is 2.27. The Kier molecular flexibility index (Phi) is 7.54. The Morgan fingerprint density at radius 3 is 2.32 bits per heavy atom. The average Bonchev–Trinajstić information content (AvgIpc) is 3.66. The predicted octanol–water partition coefficient (Wildman–Crippen LogP) is 4.65. The van der Waals surface area contributed by atoms with E-state index in [9.17, 15) is 13.2 Å². The summed E-state index contributed by atoms with van der Waals surface area (Å²) in [4.78, 5) is 22.2. The van der Waals surface area contributed by atoms with E-state index in [0.29, 0.717) is 31.9 Å². The van der Waals surface area contributed by atoms with Gasteiger partial charge in [0.1, 0.15) is 15.7 Å². The number of methoxy groups -OCH3 is 2. The smallest absolute Gasteiger partial charge is 0.271 e. The summed E-state index contributed by atoms with van der Waals surface area (Å²) in [6.07, 6.45) is 0. The molecule has 38 heavy (non-hydrogen) atoms. The van der Waals surface area contributed by atoms with Crippen molar-refractivity contribution in [2.75, 3.05) is 50.0 Å². The number of nitrogens with zero attached hydrogens (tertiary/aromatic N) is 3. The van der Waals surface area contributed by atoms with Gasteiger partial charge in [-0.05, 0) is 47.8 Å². The fourth-order valence-corrected chi connectivity index (χ4v) is 7.06. The number of rotatable bonds is 8. The van der Waals surface area contributed by atoms with Crippen molar-refractivity contribution in [3.63, 3.8) is 0 Å². The Hall–Kier alpha value is -3.61. The Bertz CT molecular complexity index is 1510. The van der Waals surface area contributed by atoms with Crippen LogP contribution in [0.5, 0.6) is 11.5 Å². The molecule has 5 rings (SSSR count). The fraction of sp³-hybridized carbons (Fsp3) is 0.231. The number of thiazole rings is 1. The van der Waals surface area contributed by atoms with Crippen LogP contribution in [0.1, 0.15) is 10.4 Å². The molecule has 1 aliphatic heterocycles. The molecule has 0 aliphatic carbocycles. The van der Waals surface area contributed by atoms with Crippen LogP contribution in [0.15, 0.2) is 69.6 Å². The lowest BCUT2D eigenvalue weighted by Crippen LogP contribution is -2.49. The third-order valence-electron chi connectivity index (χ3n) is 6.18. The minimum Gasteiger partial charge on any atom is -0.497 e. The van der Waals surface area contributed by atoms with Gasteiger partial charge < -0.3 is 19.3 Å². The molecule has 198 valence electrons. The van der Waals surface area contributed by atoms with Crippen LogP contribution < -0.4 is 19.1 Å². The van der Waals surface area contributed by atoms with Gasteiger partial charge in [0.15, 0.2) is 5.13 Å². The molecule has 2 aromatic carbocycles. The highest BCUT2D eigenvalue weighted by molar-refractivity contribution is 7.94. The summed E-state index contributed by atoms with van der Waals surface area (Å²) in [6, 6.07) is 15.8. The number of benzene rings is 2. The second-order valence-electron chi connectivity index (χ2n) is 8.47. The van der Waals surface area contributed by atoms with Crippen LogP contribution in [-0.2, 0) is 10.0 Å². The van der Waals surface area contributed by atoms with Gasteiger partial charge in [0, 0.05) is 43.2 Å². The Labute approximate surface area is 229 Å². The molecule has 1 saturated heterocycles. The van der Waals surface area contributed by atoms with Crippen LogP contribution in [0, 0.1) is 0 Å². The van der Waals surface area contributed by atoms with Crippen molar-refractivity contribution >= 4 is 49.4 Å². The zero-order valence-corrected chi connectivity index (χ0v) is 23.2. The summed E-state index contributed by atoms with van der Waals surface area (Å²) < 4.78 is 39.0. The zero-order chi connectivity index (χ0) is 26.7. The van der Waals surface area contributed by atoms with Gasteiger partial charge in [-0.25, -0.2) is 13.4 Å². The van der Waals surface area contributed by atoms with Crippen molar-refractivity contribution in [2.45, 2.75) is 4.21 Å². The van der Waals surface area contributed by atoms with E-state index in [0.717, 1.165) is 33.5 Å². The van der Waals surface area contributed by atoms with Crippen molar-refractivity contribution in [2.24, 2.45) is 0 Å². The van der Waals surface area contributed by atoms with Crippen molar-refractivity contribution < 1.29 is 22.7 Å². The maximum absolute atomic E-state index is 13.5. The first kappa shape index (κ1) is 26.0. The highest BCUT2D eigenvalue weighted by atomic mass is 32.2. The van der Waals surface area contributed by atoms with Gasteiger partial charge in [0.05, 0.1) is 31.2 Å². The zero-order valence-electron chi connectivity index (χ0n) is 20.8. The largest absolute Gasteiger partial charge is 0.497 e. The van der Waals surface area contributed by atoms with Crippen molar-refractivity contribution in [3.8, 4) is 22.8 Å². The second kappa shape index (κ2) is 11.0. The molecule has 1 aliphatic rings. The first-order valence-corrected chi connectivity index (χ1v) is 15.0. The Morgan fingerprint density at radius 1 is 0.947 bits per heavy atom. The normalized spacial score (nSPS) is 13.8. The van der Waals surface area contributed by atoms with E-state index >= 15 is 0 Å². The van der Waals surface area contributed by atoms with E-state index in [1.165, 1.54) is 19.2 Å². The first-order chi connectivity index (χ1) is 18.4. The molecule has 4 aromatic rings. The number of aromatic nitrogens is 1. The van der Waals surface area contributed by atoms with Gasteiger partial charge >= 0.3 is 0 Å². The lowest BCUT2D eigenvalue weighted by molar-refractivity contribution is 0.0748. The number of amides is 1. The van der Waals surface area contributed by atoms with Gasteiger partial charge in [0.25, 0.3) is 15.9 Å². The average molecular weight is 571 g/mol. The molecule has 0 radical (unpaired) electrons. The number of nitrogens with one attached hydrogen (secondary N) is 1. The number of ether oxygens (including phenoxy) is 2. The van der Waals surface area contributed by atoms with Crippen LogP contribution in [0.25, 0.3) is 11.3 Å². The molecule has 0 saturated carbocycles. The summed E-state index contributed by atoms with van der Waals surface area (Å²) in [6.45, 7) is 2.21. The topological polar surface area (TPSA) is 101 Å². The van der Waals surface area contributed by atoms with E-state index in [-0.39, 0.29) is 21.4 Å². The maximum atomic E-state index is 13.5. The third kappa shape index (κ3) is 5.47. The molecule has 12 heteroatoms. The first-order valence-electron chi connectivity index (χ1n) is 11.8. The quantitative estimate of drug-likeness (QED) is 0.329. The van der Waals surface area contributed by atoms with E-state index in [2.05, 4.69) is 9.62 Å². The molecule has 1 fully saturated rings. The van der Waals surface area contributed by atoms with Gasteiger partial charge in [-0.15, -0.1) is 22.7 Å². The molecule has 0 unspecified atom stereocenters. The highest BCUT2D eigenvalue weighted by Crippen LogP contribution is 2.31. The molecule has 9 nitrogen and oxygen atoms in total. The molecule has 0 spiro atoms. The van der Waals surface area contributed by atoms with Crippen LogP contribution in [-0.4, -0.2) is 64.6 Å². The summed E-state index contributed by atoms with van der Waals surface area (Å²) >= 11 is 2.68. The number of thiophene rings is 1. The number of anilines is 2. The SMILES string of the molecule is COc1ccc(-c2csc(N3CCN(C(=O)c4ccc(OC)cc4NS(=O)(=O)c4cccs4)CC3)n2)cc1. The molecule has 3 heterocycles. The standard InChI is InChI=1S/C26H26N4O5S3/c1-34-19-7-5-18(6-8-19)23-17-37-26(27-23)30-13-11-29(12-14-30)25(31)21-10-9-20(35-2)16-22(21)28-38(32,33)24-4-3-15-36-24/h3-10,15-17,28H,11-14H2,1-2H3. The molecule has 0 atom stereocenters. The lowest BCUT2D eigenvalue weighted by Gasteiger charge is -2.35. The van der Waals surface area contributed by atoms with Gasteiger partial charge in [0.2, 0.25) is 0 Å². The van der Waals surface area contributed by atoms with E-state index < -0.39 is 10.0 Å². The molecular weight excluding hydrogens is 545 g/mol.